The summed E-state index contributed by atoms with van der Waals surface area (Å²) in [6.07, 6.45) is 11.4. The monoisotopic (exact) mass is 276 g/mol. The van der Waals surface area contributed by atoms with E-state index in [1.165, 1.54) is 51.4 Å². The number of rotatable bonds is 3. The molecule has 3 nitrogen and oxygen atoms in total. The summed E-state index contributed by atoms with van der Waals surface area (Å²) in [4.78, 5) is 14.7. The molecule has 0 aromatic carbocycles. The molecule has 4 rings (SSSR count). The van der Waals surface area contributed by atoms with Gasteiger partial charge >= 0.3 is 0 Å². The van der Waals surface area contributed by atoms with E-state index in [-0.39, 0.29) is 0 Å². The second kappa shape index (κ2) is 5.01. The average Bonchev–Trinajstić information content (AvgIpc) is 3.14. The van der Waals surface area contributed by atoms with Gasteiger partial charge in [-0.3, -0.25) is 4.79 Å². The van der Waals surface area contributed by atoms with Crippen molar-refractivity contribution in [2.45, 2.75) is 75.9 Å². The van der Waals surface area contributed by atoms with E-state index in [0.717, 1.165) is 18.3 Å². The van der Waals surface area contributed by atoms with Gasteiger partial charge in [0.05, 0.1) is 0 Å². The Morgan fingerprint density at radius 1 is 1.05 bits per heavy atom. The van der Waals surface area contributed by atoms with Crippen LogP contribution in [0.4, 0.5) is 0 Å². The van der Waals surface area contributed by atoms with Crippen LogP contribution in [0.1, 0.15) is 57.8 Å². The van der Waals surface area contributed by atoms with E-state index >= 15 is 0 Å². The maximum atomic E-state index is 12.6. The zero-order valence-electron chi connectivity index (χ0n) is 12.7. The van der Waals surface area contributed by atoms with Gasteiger partial charge in [-0.25, -0.2) is 0 Å². The smallest absolute Gasteiger partial charge is 0.222 e. The van der Waals surface area contributed by atoms with Crippen molar-refractivity contribution in [2.24, 2.45) is 17.8 Å². The standard InChI is InChI=1S/C17H28N2O/c1-19(16-9-14-4-5-15(10-16)18-14)17(20)8-13-7-11-2-3-12(13)6-11/h11-16,18H,2-10H2,1H3. The highest BCUT2D eigenvalue weighted by atomic mass is 16.2. The number of nitrogens with one attached hydrogen (secondary N) is 1. The first-order chi connectivity index (χ1) is 9.69. The lowest BCUT2D eigenvalue weighted by Crippen LogP contribution is -2.49. The summed E-state index contributed by atoms with van der Waals surface area (Å²) in [7, 11) is 2.06. The van der Waals surface area contributed by atoms with Crippen molar-refractivity contribution in [2.75, 3.05) is 7.05 Å². The van der Waals surface area contributed by atoms with E-state index < -0.39 is 0 Å². The number of amides is 1. The maximum Gasteiger partial charge on any atom is 0.222 e. The maximum absolute atomic E-state index is 12.6. The fourth-order valence-electron chi connectivity index (χ4n) is 5.54. The third-order valence-corrected chi connectivity index (χ3v) is 6.71. The first-order valence-electron chi connectivity index (χ1n) is 8.70. The molecule has 4 bridgehead atoms. The SMILES string of the molecule is CN(C(=O)CC1CC2CCC1C2)C1CC2CCC(C1)N2. The zero-order valence-corrected chi connectivity index (χ0v) is 12.7. The topological polar surface area (TPSA) is 32.3 Å². The lowest BCUT2D eigenvalue weighted by atomic mass is 9.86. The number of fused-ring (bicyclic) bond motifs is 4. The van der Waals surface area contributed by atoms with Gasteiger partial charge in [0.2, 0.25) is 5.91 Å². The van der Waals surface area contributed by atoms with Crippen LogP contribution in [-0.2, 0) is 4.79 Å². The molecule has 0 aromatic heterocycles. The number of carbonyl (C=O) groups is 1. The predicted octanol–water partition coefficient (Wildman–Crippen LogP) is 2.55. The summed E-state index contributed by atoms with van der Waals surface area (Å²) in [6, 6.07) is 1.85. The molecule has 2 aliphatic carbocycles. The Morgan fingerprint density at radius 2 is 1.80 bits per heavy atom. The average molecular weight is 276 g/mol. The van der Waals surface area contributed by atoms with Crippen molar-refractivity contribution >= 4 is 5.91 Å². The number of piperidine rings is 1. The van der Waals surface area contributed by atoms with E-state index in [4.69, 9.17) is 0 Å². The minimum Gasteiger partial charge on any atom is -0.343 e. The fraction of sp³-hybridized carbons (Fsp3) is 0.941. The molecule has 1 N–H and O–H groups in total. The van der Waals surface area contributed by atoms with E-state index in [1.807, 2.05) is 0 Å². The Kier molecular flexibility index (Phi) is 3.29. The lowest BCUT2D eigenvalue weighted by molar-refractivity contribution is -0.134. The number of hydrogen-bond donors (Lipinski definition) is 1. The molecule has 5 atom stereocenters. The van der Waals surface area contributed by atoms with Crippen LogP contribution in [-0.4, -0.2) is 36.0 Å². The van der Waals surface area contributed by atoms with E-state index in [0.29, 0.717) is 30.0 Å². The molecule has 1 amide bonds. The highest BCUT2D eigenvalue weighted by molar-refractivity contribution is 5.76. The van der Waals surface area contributed by atoms with Crippen LogP contribution in [0.3, 0.4) is 0 Å². The van der Waals surface area contributed by atoms with E-state index in [1.54, 1.807) is 0 Å². The summed E-state index contributed by atoms with van der Waals surface area (Å²) in [5.41, 5.74) is 0. The van der Waals surface area contributed by atoms with Crippen LogP contribution in [0.25, 0.3) is 0 Å². The summed E-state index contributed by atoms with van der Waals surface area (Å²) in [5, 5.41) is 3.67. The van der Waals surface area contributed by atoms with Gasteiger partial charge in [0.15, 0.2) is 0 Å². The van der Waals surface area contributed by atoms with Gasteiger partial charge in [0, 0.05) is 31.6 Å². The molecule has 112 valence electrons. The lowest BCUT2D eigenvalue weighted by Gasteiger charge is -2.36. The van der Waals surface area contributed by atoms with Crippen LogP contribution < -0.4 is 5.32 Å². The first kappa shape index (κ1) is 13.1. The minimum absolute atomic E-state index is 0.425. The van der Waals surface area contributed by atoms with Crippen molar-refractivity contribution in [1.29, 1.82) is 0 Å². The van der Waals surface area contributed by atoms with E-state index in [9.17, 15) is 4.79 Å². The Hall–Kier alpha value is -0.570. The third-order valence-electron chi connectivity index (χ3n) is 6.71. The normalized spacial score (nSPS) is 45.9. The largest absolute Gasteiger partial charge is 0.343 e. The van der Waals surface area contributed by atoms with E-state index in [2.05, 4.69) is 17.3 Å². The Labute approximate surface area is 122 Å². The van der Waals surface area contributed by atoms with Crippen LogP contribution in [0.2, 0.25) is 0 Å². The Morgan fingerprint density at radius 3 is 2.40 bits per heavy atom. The molecule has 3 heteroatoms. The highest BCUT2D eigenvalue weighted by Gasteiger charge is 2.41. The molecular weight excluding hydrogens is 248 g/mol. The molecule has 2 saturated heterocycles. The summed E-state index contributed by atoms with van der Waals surface area (Å²) in [5.74, 6) is 2.97. The number of hydrogen-bond acceptors (Lipinski definition) is 2. The zero-order chi connectivity index (χ0) is 13.7. The van der Waals surface area contributed by atoms with Gasteiger partial charge in [-0.1, -0.05) is 6.42 Å². The Bertz CT molecular complexity index is 384. The molecule has 2 saturated carbocycles. The van der Waals surface area contributed by atoms with Gasteiger partial charge in [-0.05, 0) is 62.7 Å². The van der Waals surface area contributed by atoms with Gasteiger partial charge < -0.3 is 10.2 Å². The Balaban J connectivity index is 1.34. The van der Waals surface area contributed by atoms with Crippen LogP contribution in [0, 0.1) is 17.8 Å². The third kappa shape index (κ3) is 2.28. The van der Waals surface area contributed by atoms with Crippen molar-refractivity contribution in [1.82, 2.24) is 10.2 Å². The molecule has 20 heavy (non-hydrogen) atoms. The fourth-order valence-corrected chi connectivity index (χ4v) is 5.54. The quantitative estimate of drug-likeness (QED) is 0.859. The number of carbonyl (C=O) groups excluding carboxylic acids is 1. The van der Waals surface area contributed by atoms with Crippen molar-refractivity contribution in [3.8, 4) is 0 Å². The van der Waals surface area contributed by atoms with Crippen molar-refractivity contribution < 1.29 is 4.79 Å². The highest BCUT2D eigenvalue weighted by Crippen LogP contribution is 2.49. The molecule has 4 aliphatic rings. The second-order valence-electron chi connectivity index (χ2n) is 7.91. The molecule has 4 fully saturated rings. The van der Waals surface area contributed by atoms with Crippen LogP contribution in [0.5, 0.6) is 0 Å². The molecule has 2 heterocycles. The minimum atomic E-state index is 0.425. The second-order valence-corrected chi connectivity index (χ2v) is 7.91. The molecular formula is C17H28N2O. The summed E-state index contributed by atoms with van der Waals surface area (Å²) in [6.45, 7) is 0. The van der Waals surface area contributed by atoms with Gasteiger partial charge in [-0.2, -0.15) is 0 Å². The van der Waals surface area contributed by atoms with Crippen LogP contribution >= 0.6 is 0 Å². The molecule has 0 aromatic rings. The van der Waals surface area contributed by atoms with Gasteiger partial charge in [0.1, 0.15) is 0 Å². The van der Waals surface area contributed by atoms with Gasteiger partial charge in [-0.15, -0.1) is 0 Å². The predicted molar refractivity (Wildman–Crippen MR) is 79.3 cm³/mol. The molecule has 0 spiro atoms. The van der Waals surface area contributed by atoms with Crippen molar-refractivity contribution in [3.05, 3.63) is 0 Å². The first-order valence-corrected chi connectivity index (χ1v) is 8.70. The van der Waals surface area contributed by atoms with Crippen LogP contribution in [0.15, 0.2) is 0 Å². The molecule has 2 aliphatic heterocycles. The molecule has 5 unspecified atom stereocenters. The van der Waals surface area contributed by atoms with Crippen molar-refractivity contribution in [3.63, 3.8) is 0 Å². The van der Waals surface area contributed by atoms with Gasteiger partial charge in [0.25, 0.3) is 0 Å². The summed E-state index contributed by atoms with van der Waals surface area (Å²) >= 11 is 0. The molecule has 0 radical (unpaired) electrons. The number of nitrogens with zero attached hydrogens (tertiary/aromatic N) is 1. The summed E-state index contributed by atoms with van der Waals surface area (Å²) < 4.78 is 0.